The van der Waals surface area contributed by atoms with Crippen molar-refractivity contribution in [3.05, 3.63) is 0 Å². The number of hydrogen-bond acceptors (Lipinski definition) is 3. The first-order chi connectivity index (χ1) is 5.93. The highest BCUT2D eigenvalue weighted by atomic mass is 16.2. The third-order valence-corrected chi connectivity index (χ3v) is 1.81. The van der Waals surface area contributed by atoms with Crippen LogP contribution < -0.4 is 11.1 Å². The predicted molar refractivity (Wildman–Crippen MR) is 54.4 cm³/mol. The molecule has 0 aromatic heterocycles. The van der Waals surface area contributed by atoms with Crippen LogP contribution in [0.25, 0.3) is 0 Å². The fourth-order valence-electron chi connectivity index (χ4n) is 0.898. The summed E-state index contributed by atoms with van der Waals surface area (Å²) in [6.07, 6.45) is 0.950. The lowest BCUT2D eigenvalue weighted by Gasteiger charge is -2.17. The van der Waals surface area contributed by atoms with E-state index >= 15 is 0 Å². The maximum Gasteiger partial charge on any atom is 0.236 e. The van der Waals surface area contributed by atoms with Gasteiger partial charge in [-0.15, -0.1) is 0 Å². The molecule has 2 atom stereocenters. The van der Waals surface area contributed by atoms with Gasteiger partial charge in [0.2, 0.25) is 5.91 Å². The van der Waals surface area contributed by atoms with Crippen LogP contribution in [0.1, 0.15) is 20.3 Å². The first-order valence-corrected chi connectivity index (χ1v) is 4.64. The van der Waals surface area contributed by atoms with E-state index in [9.17, 15) is 4.79 Å². The van der Waals surface area contributed by atoms with Crippen molar-refractivity contribution in [3.8, 4) is 0 Å². The Kier molecular flexibility index (Phi) is 5.66. The molecule has 0 aliphatic carbocycles. The fourth-order valence-corrected chi connectivity index (χ4v) is 0.898. The molecule has 0 bridgehead atoms. The first-order valence-electron chi connectivity index (χ1n) is 4.64. The van der Waals surface area contributed by atoms with Gasteiger partial charge in [0, 0.05) is 6.04 Å². The Labute approximate surface area is 80.5 Å². The van der Waals surface area contributed by atoms with Gasteiger partial charge in [-0.2, -0.15) is 0 Å². The molecule has 0 aliphatic rings. The summed E-state index contributed by atoms with van der Waals surface area (Å²) in [5.74, 6) is -0.0775. The average Bonchev–Trinajstić information content (AvgIpc) is 2.00. The Balaban J connectivity index is 3.62. The lowest BCUT2D eigenvalue weighted by molar-refractivity contribution is -0.122. The van der Waals surface area contributed by atoms with E-state index < -0.39 is 6.04 Å². The number of nitrogens with two attached hydrogens (primary N) is 1. The van der Waals surface area contributed by atoms with Gasteiger partial charge in [-0.3, -0.25) is 4.79 Å². The van der Waals surface area contributed by atoms with Crippen molar-refractivity contribution in [1.29, 1.82) is 0 Å². The van der Waals surface area contributed by atoms with E-state index in [-0.39, 0.29) is 11.9 Å². The second-order valence-electron chi connectivity index (χ2n) is 3.79. The zero-order chi connectivity index (χ0) is 10.4. The van der Waals surface area contributed by atoms with E-state index in [0.29, 0.717) is 0 Å². The van der Waals surface area contributed by atoms with Gasteiger partial charge in [0.25, 0.3) is 0 Å². The summed E-state index contributed by atoms with van der Waals surface area (Å²) in [6.45, 7) is 4.65. The molecule has 0 heterocycles. The number of carbonyl (C=O) groups excluding carboxylic acids is 1. The molecule has 0 saturated carbocycles. The van der Waals surface area contributed by atoms with Gasteiger partial charge in [-0.25, -0.2) is 0 Å². The number of carbonyl (C=O) groups is 1. The molecule has 4 heteroatoms. The van der Waals surface area contributed by atoms with Crippen LogP contribution in [0, 0.1) is 0 Å². The molecular formula is C9H21N3O. The first kappa shape index (κ1) is 12.4. The van der Waals surface area contributed by atoms with Gasteiger partial charge in [0.15, 0.2) is 0 Å². The standard InChI is InChI=1S/C9H21N3O/c1-7(5-6-12(3)4)11-9(13)8(2)10/h7-8H,5-6,10H2,1-4H3,(H,11,13). The predicted octanol–water partition coefficient (Wildman–Crippen LogP) is -0.210. The van der Waals surface area contributed by atoms with Crippen molar-refractivity contribution in [2.45, 2.75) is 32.4 Å². The van der Waals surface area contributed by atoms with E-state index in [1.807, 2.05) is 21.0 Å². The summed E-state index contributed by atoms with van der Waals surface area (Å²) in [7, 11) is 4.03. The molecule has 3 N–H and O–H groups in total. The number of nitrogens with zero attached hydrogens (tertiary/aromatic N) is 1. The normalized spacial score (nSPS) is 15.5. The Morgan fingerprint density at radius 3 is 2.38 bits per heavy atom. The molecule has 4 nitrogen and oxygen atoms in total. The van der Waals surface area contributed by atoms with E-state index in [1.165, 1.54) is 0 Å². The van der Waals surface area contributed by atoms with Crippen LogP contribution in [0.15, 0.2) is 0 Å². The number of rotatable bonds is 5. The topological polar surface area (TPSA) is 58.4 Å². The average molecular weight is 187 g/mol. The van der Waals surface area contributed by atoms with Crippen LogP contribution in [0.5, 0.6) is 0 Å². The Hall–Kier alpha value is -0.610. The third kappa shape index (κ3) is 6.54. The quantitative estimate of drug-likeness (QED) is 0.626. The van der Waals surface area contributed by atoms with Crippen LogP contribution in [0.4, 0.5) is 0 Å². The monoisotopic (exact) mass is 187 g/mol. The molecule has 0 aliphatic heterocycles. The Morgan fingerprint density at radius 1 is 1.46 bits per heavy atom. The molecule has 13 heavy (non-hydrogen) atoms. The van der Waals surface area contributed by atoms with Crippen molar-refractivity contribution in [1.82, 2.24) is 10.2 Å². The van der Waals surface area contributed by atoms with E-state index in [2.05, 4.69) is 10.2 Å². The minimum Gasteiger partial charge on any atom is -0.352 e. The molecule has 0 radical (unpaired) electrons. The Morgan fingerprint density at radius 2 is 2.00 bits per heavy atom. The molecule has 0 aromatic carbocycles. The van der Waals surface area contributed by atoms with Gasteiger partial charge in [0.05, 0.1) is 6.04 Å². The molecular weight excluding hydrogens is 166 g/mol. The van der Waals surface area contributed by atoms with Crippen LogP contribution in [-0.2, 0) is 4.79 Å². The summed E-state index contributed by atoms with van der Waals surface area (Å²) in [6, 6.07) is -0.220. The molecule has 0 fully saturated rings. The molecule has 78 valence electrons. The second-order valence-corrected chi connectivity index (χ2v) is 3.79. The maximum absolute atomic E-state index is 11.1. The molecule has 0 spiro atoms. The molecule has 1 amide bonds. The Bertz CT molecular complexity index is 157. The van der Waals surface area contributed by atoms with Crippen LogP contribution in [0.2, 0.25) is 0 Å². The van der Waals surface area contributed by atoms with E-state index in [0.717, 1.165) is 13.0 Å². The third-order valence-electron chi connectivity index (χ3n) is 1.81. The van der Waals surface area contributed by atoms with Crippen LogP contribution in [-0.4, -0.2) is 43.5 Å². The zero-order valence-electron chi connectivity index (χ0n) is 9.00. The lowest BCUT2D eigenvalue weighted by atomic mass is 10.2. The highest BCUT2D eigenvalue weighted by molar-refractivity contribution is 5.81. The van der Waals surface area contributed by atoms with E-state index in [1.54, 1.807) is 6.92 Å². The van der Waals surface area contributed by atoms with Gasteiger partial charge in [-0.1, -0.05) is 0 Å². The highest BCUT2D eigenvalue weighted by Gasteiger charge is 2.10. The molecule has 0 saturated heterocycles. The van der Waals surface area contributed by atoms with Crippen molar-refractivity contribution in [3.63, 3.8) is 0 Å². The number of nitrogens with one attached hydrogen (secondary N) is 1. The fraction of sp³-hybridized carbons (Fsp3) is 0.889. The minimum absolute atomic E-state index is 0.0775. The zero-order valence-corrected chi connectivity index (χ0v) is 9.00. The molecule has 0 rings (SSSR count). The van der Waals surface area contributed by atoms with Gasteiger partial charge >= 0.3 is 0 Å². The lowest BCUT2D eigenvalue weighted by Crippen LogP contribution is -2.43. The van der Waals surface area contributed by atoms with Crippen molar-refractivity contribution < 1.29 is 4.79 Å². The smallest absolute Gasteiger partial charge is 0.236 e. The summed E-state index contributed by atoms with van der Waals surface area (Å²) in [5.41, 5.74) is 5.42. The molecule has 0 aromatic rings. The number of amides is 1. The summed E-state index contributed by atoms with van der Waals surface area (Å²) < 4.78 is 0. The molecule has 2 unspecified atom stereocenters. The van der Waals surface area contributed by atoms with Crippen LogP contribution in [0.3, 0.4) is 0 Å². The summed E-state index contributed by atoms with van der Waals surface area (Å²) in [5, 5.41) is 2.84. The van der Waals surface area contributed by atoms with Gasteiger partial charge in [0.1, 0.15) is 0 Å². The van der Waals surface area contributed by atoms with Crippen molar-refractivity contribution in [2.24, 2.45) is 5.73 Å². The van der Waals surface area contributed by atoms with Gasteiger partial charge < -0.3 is 16.0 Å². The van der Waals surface area contributed by atoms with Crippen molar-refractivity contribution >= 4 is 5.91 Å². The summed E-state index contributed by atoms with van der Waals surface area (Å²) >= 11 is 0. The van der Waals surface area contributed by atoms with Crippen molar-refractivity contribution in [2.75, 3.05) is 20.6 Å². The highest BCUT2D eigenvalue weighted by Crippen LogP contribution is 1.92. The minimum atomic E-state index is -0.415. The van der Waals surface area contributed by atoms with Crippen LogP contribution >= 0.6 is 0 Å². The van der Waals surface area contributed by atoms with Gasteiger partial charge in [-0.05, 0) is 40.9 Å². The summed E-state index contributed by atoms with van der Waals surface area (Å²) in [4.78, 5) is 13.2. The maximum atomic E-state index is 11.1. The largest absolute Gasteiger partial charge is 0.352 e. The SMILES string of the molecule is CC(CCN(C)C)NC(=O)C(C)N. The number of hydrogen-bond donors (Lipinski definition) is 2. The second kappa shape index (κ2) is 5.94. The van der Waals surface area contributed by atoms with E-state index in [4.69, 9.17) is 5.73 Å².